The molecule has 1 aromatic heterocycles. The molecule has 1 aliphatic rings. The summed E-state index contributed by atoms with van der Waals surface area (Å²) < 4.78 is 7.59. The zero-order valence-corrected chi connectivity index (χ0v) is 10.3. The van der Waals surface area contributed by atoms with E-state index in [0.717, 1.165) is 19.7 Å². The van der Waals surface area contributed by atoms with E-state index in [1.54, 1.807) is 6.20 Å². The van der Waals surface area contributed by atoms with Crippen LogP contribution in [0.1, 0.15) is 19.7 Å². The molecule has 0 aromatic carbocycles. The minimum absolute atomic E-state index is 0.146. The first-order valence-corrected chi connectivity index (χ1v) is 5.97. The Morgan fingerprint density at radius 2 is 2.47 bits per heavy atom. The molecule has 1 fully saturated rings. The van der Waals surface area contributed by atoms with Crippen LogP contribution in [0.4, 0.5) is 0 Å². The van der Waals surface area contributed by atoms with Crippen molar-refractivity contribution in [3.8, 4) is 6.07 Å². The van der Waals surface area contributed by atoms with E-state index in [0.29, 0.717) is 18.4 Å². The standard InChI is InChI=1S/C12H18N4O/c1-10(2)15-5-6-17-11(8-15)9-16-4-3-14-12(16)7-13/h3-4,10-11H,5-6,8-9H2,1-2H3. The van der Waals surface area contributed by atoms with Gasteiger partial charge in [-0.25, -0.2) is 4.98 Å². The van der Waals surface area contributed by atoms with Crippen LogP contribution in [0.2, 0.25) is 0 Å². The Morgan fingerprint density at radius 3 is 3.18 bits per heavy atom. The topological polar surface area (TPSA) is 54.1 Å². The smallest absolute Gasteiger partial charge is 0.212 e. The van der Waals surface area contributed by atoms with Crippen molar-refractivity contribution >= 4 is 0 Å². The maximum atomic E-state index is 8.89. The molecule has 0 amide bonds. The highest BCUT2D eigenvalue weighted by Gasteiger charge is 2.22. The van der Waals surface area contributed by atoms with Crippen LogP contribution in [-0.4, -0.2) is 46.3 Å². The van der Waals surface area contributed by atoms with Gasteiger partial charge >= 0.3 is 0 Å². The Morgan fingerprint density at radius 1 is 1.65 bits per heavy atom. The molecule has 1 atom stereocenters. The Kier molecular flexibility index (Phi) is 3.77. The number of ether oxygens (including phenoxy) is 1. The third-order valence-corrected chi connectivity index (χ3v) is 3.12. The average Bonchev–Trinajstić information content (AvgIpc) is 2.76. The summed E-state index contributed by atoms with van der Waals surface area (Å²) in [6, 6.07) is 2.62. The average molecular weight is 234 g/mol. The van der Waals surface area contributed by atoms with Crippen molar-refractivity contribution in [1.82, 2.24) is 14.5 Å². The van der Waals surface area contributed by atoms with Gasteiger partial charge in [-0.05, 0) is 13.8 Å². The van der Waals surface area contributed by atoms with Crippen LogP contribution < -0.4 is 0 Å². The zero-order chi connectivity index (χ0) is 12.3. The first-order chi connectivity index (χ1) is 8.20. The lowest BCUT2D eigenvalue weighted by molar-refractivity contribution is -0.0457. The molecule has 5 heteroatoms. The first kappa shape index (κ1) is 12.1. The molecule has 5 nitrogen and oxygen atoms in total. The third-order valence-electron chi connectivity index (χ3n) is 3.12. The van der Waals surface area contributed by atoms with E-state index in [2.05, 4.69) is 29.8 Å². The quantitative estimate of drug-likeness (QED) is 0.778. The molecule has 0 spiro atoms. The number of hydrogen-bond acceptors (Lipinski definition) is 4. The van der Waals surface area contributed by atoms with Crippen molar-refractivity contribution in [2.45, 2.75) is 32.5 Å². The molecule has 2 rings (SSSR count). The van der Waals surface area contributed by atoms with Crippen LogP contribution in [0, 0.1) is 11.3 Å². The molecule has 0 aliphatic carbocycles. The largest absolute Gasteiger partial charge is 0.374 e. The molecule has 17 heavy (non-hydrogen) atoms. The van der Waals surface area contributed by atoms with Crippen LogP contribution >= 0.6 is 0 Å². The maximum Gasteiger partial charge on any atom is 0.212 e. The van der Waals surface area contributed by atoms with Gasteiger partial charge in [0.25, 0.3) is 0 Å². The van der Waals surface area contributed by atoms with Gasteiger partial charge in [-0.2, -0.15) is 5.26 Å². The minimum Gasteiger partial charge on any atom is -0.374 e. The van der Waals surface area contributed by atoms with Crippen molar-refractivity contribution in [1.29, 1.82) is 5.26 Å². The molecule has 1 saturated heterocycles. The first-order valence-electron chi connectivity index (χ1n) is 5.97. The Bertz CT molecular complexity index is 407. The van der Waals surface area contributed by atoms with Crippen molar-refractivity contribution in [2.24, 2.45) is 0 Å². The van der Waals surface area contributed by atoms with Gasteiger partial charge in [0, 0.05) is 31.5 Å². The molecular weight excluding hydrogens is 216 g/mol. The summed E-state index contributed by atoms with van der Waals surface area (Å²) in [5.41, 5.74) is 0. The fourth-order valence-corrected chi connectivity index (χ4v) is 2.11. The summed E-state index contributed by atoms with van der Waals surface area (Å²) in [6.07, 6.45) is 3.63. The van der Waals surface area contributed by atoms with Gasteiger partial charge < -0.3 is 9.30 Å². The number of nitriles is 1. The minimum atomic E-state index is 0.146. The summed E-state index contributed by atoms with van der Waals surface area (Å²) in [5, 5.41) is 8.89. The molecule has 92 valence electrons. The van der Waals surface area contributed by atoms with Gasteiger partial charge in [-0.1, -0.05) is 0 Å². The predicted molar refractivity (Wildman–Crippen MR) is 63.4 cm³/mol. The van der Waals surface area contributed by atoms with Crippen molar-refractivity contribution in [2.75, 3.05) is 19.7 Å². The zero-order valence-electron chi connectivity index (χ0n) is 10.3. The van der Waals surface area contributed by atoms with Gasteiger partial charge in [-0.3, -0.25) is 4.90 Å². The van der Waals surface area contributed by atoms with Gasteiger partial charge in [-0.15, -0.1) is 0 Å². The molecule has 1 unspecified atom stereocenters. The fraction of sp³-hybridized carbons (Fsp3) is 0.667. The number of morpholine rings is 1. The van der Waals surface area contributed by atoms with Gasteiger partial charge in [0.2, 0.25) is 5.82 Å². The Labute approximate surface area is 102 Å². The van der Waals surface area contributed by atoms with E-state index < -0.39 is 0 Å². The highest BCUT2D eigenvalue weighted by atomic mass is 16.5. The molecule has 0 bridgehead atoms. The summed E-state index contributed by atoms with van der Waals surface area (Å²) in [7, 11) is 0. The second kappa shape index (κ2) is 5.30. The molecule has 0 radical (unpaired) electrons. The molecule has 1 aromatic rings. The molecule has 0 N–H and O–H groups in total. The summed E-state index contributed by atoms with van der Waals surface area (Å²) in [6.45, 7) is 7.76. The monoisotopic (exact) mass is 234 g/mol. The van der Waals surface area contributed by atoms with Crippen LogP contribution in [0.3, 0.4) is 0 Å². The highest BCUT2D eigenvalue weighted by molar-refractivity contribution is 5.11. The normalized spacial score (nSPS) is 21.6. The van der Waals surface area contributed by atoms with Crippen molar-refractivity contribution in [3.05, 3.63) is 18.2 Å². The number of nitrogens with zero attached hydrogens (tertiary/aromatic N) is 4. The van der Waals surface area contributed by atoms with E-state index >= 15 is 0 Å². The van der Waals surface area contributed by atoms with Crippen LogP contribution in [0.25, 0.3) is 0 Å². The van der Waals surface area contributed by atoms with E-state index in [-0.39, 0.29) is 6.10 Å². The van der Waals surface area contributed by atoms with Crippen LogP contribution in [0.5, 0.6) is 0 Å². The molecule has 1 aliphatic heterocycles. The fourth-order valence-electron chi connectivity index (χ4n) is 2.11. The third kappa shape index (κ3) is 2.84. The van der Waals surface area contributed by atoms with Gasteiger partial charge in [0.15, 0.2) is 0 Å². The van der Waals surface area contributed by atoms with E-state index in [1.807, 2.05) is 10.8 Å². The number of hydrogen-bond donors (Lipinski definition) is 0. The van der Waals surface area contributed by atoms with Gasteiger partial charge in [0.1, 0.15) is 6.07 Å². The molecular formula is C12H18N4O. The van der Waals surface area contributed by atoms with Crippen LogP contribution in [-0.2, 0) is 11.3 Å². The highest BCUT2D eigenvalue weighted by Crippen LogP contribution is 2.11. The van der Waals surface area contributed by atoms with Gasteiger partial charge in [0.05, 0.1) is 19.3 Å². The number of imidazole rings is 1. The summed E-state index contributed by atoms with van der Waals surface area (Å²) >= 11 is 0. The second-order valence-electron chi connectivity index (χ2n) is 4.60. The second-order valence-corrected chi connectivity index (χ2v) is 4.60. The predicted octanol–water partition coefficient (Wildman–Crippen LogP) is 0.864. The van der Waals surface area contributed by atoms with E-state index in [1.165, 1.54) is 0 Å². The molecule has 0 saturated carbocycles. The maximum absolute atomic E-state index is 8.89. The van der Waals surface area contributed by atoms with Crippen LogP contribution in [0.15, 0.2) is 12.4 Å². The lowest BCUT2D eigenvalue weighted by atomic mass is 10.2. The van der Waals surface area contributed by atoms with E-state index in [4.69, 9.17) is 10.00 Å². The molecule has 2 heterocycles. The lowest BCUT2D eigenvalue weighted by Crippen LogP contribution is -2.47. The SMILES string of the molecule is CC(C)N1CCOC(Cn2ccnc2C#N)C1. The Balaban J connectivity index is 1.97. The summed E-state index contributed by atoms with van der Waals surface area (Å²) in [5.74, 6) is 0.454. The van der Waals surface area contributed by atoms with Crippen molar-refractivity contribution in [3.63, 3.8) is 0 Å². The summed E-state index contributed by atoms with van der Waals surface area (Å²) in [4.78, 5) is 6.39. The Hall–Kier alpha value is -1.38. The van der Waals surface area contributed by atoms with E-state index in [9.17, 15) is 0 Å². The van der Waals surface area contributed by atoms with Crippen molar-refractivity contribution < 1.29 is 4.74 Å². The number of aromatic nitrogens is 2. The number of rotatable bonds is 3. The lowest BCUT2D eigenvalue weighted by Gasteiger charge is -2.35.